The van der Waals surface area contributed by atoms with Gasteiger partial charge in [-0.25, -0.2) is 9.59 Å². The van der Waals surface area contributed by atoms with Crippen molar-refractivity contribution >= 4 is 11.9 Å². The summed E-state index contributed by atoms with van der Waals surface area (Å²) in [5.41, 5.74) is 6.16. The van der Waals surface area contributed by atoms with Crippen molar-refractivity contribution in [2.75, 3.05) is 7.11 Å². The van der Waals surface area contributed by atoms with E-state index in [0.29, 0.717) is 11.1 Å². The number of rotatable bonds is 5. The number of aliphatic hydroxyl groups excluding tert-OH is 1. The highest BCUT2D eigenvalue weighted by molar-refractivity contribution is 5.93. The quantitative estimate of drug-likeness (QED) is 0.697. The molecule has 9 heteroatoms. The predicted octanol–water partition coefficient (Wildman–Crippen LogP) is 1.56. The number of methoxy groups -OCH3 is 1. The summed E-state index contributed by atoms with van der Waals surface area (Å²) in [4.78, 5) is 37.0. The number of hydrogen-bond acceptors (Lipinski definition) is 9. The first-order valence-electron chi connectivity index (χ1n) is 9.11. The van der Waals surface area contributed by atoms with Crippen molar-refractivity contribution in [1.29, 1.82) is 0 Å². The van der Waals surface area contributed by atoms with Crippen molar-refractivity contribution in [3.63, 3.8) is 0 Å². The van der Waals surface area contributed by atoms with Gasteiger partial charge in [0.15, 0.2) is 5.76 Å². The first kappa shape index (κ1) is 21.1. The number of fused-ring (bicyclic) bond motifs is 1. The second kappa shape index (κ2) is 8.42. The molecule has 3 rings (SSSR count). The van der Waals surface area contributed by atoms with Crippen LogP contribution in [0.1, 0.15) is 47.2 Å². The Morgan fingerprint density at radius 1 is 1.20 bits per heavy atom. The summed E-state index contributed by atoms with van der Waals surface area (Å²) >= 11 is 0. The molecule has 3 N–H and O–H groups in total. The lowest BCUT2D eigenvalue weighted by atomic mass is 9.86. The minimum absolute atomic E-state index is 0.00211. The van der Waals surface area contributed by atoms with Crippen LogP contribution in [0.2, 0.25) is 0 Å². The Labute approximate surface area is 171 Å². The van der Waals surface area contributed by atoms with Crippen molar-refractivity contribution in [3.05, 3.63) is 74.7 Å². The van der Waals surface area contributed by atoms with Gasteiger partial charge in [-0.1, -0.05) is 12.1 Å². The largest absolute Gasteiger partial charge is 0.465 e. The van der Waals surface area contributed by atoms with Crippen LogP contribution in [-0.2, 0) is 20.9 Å². The molecule has 0 aliphatic carbocycles. The molecular formula is C21H21NO8. The minimum atomic E-state index is -0.953. The molecule has 0 unspecified atom stereocenters. The molecule has 0 radical (unpaired) electrons. The van der Waals surface area contributed by atoms with Crippen molar-refractivity contribution in [2.24, 2.45) is 5.73 Å². The molecule has 1 aliphatic rings. The molecule has 158 valence electrons. The van der Waals surface area contributed by atoms with E-state index < -0.39 is 36.0 Å². The second-order valence-electron chi connectivity index (χ2n) is 6.81. The Kier molecular flexibility index (Phi) is 5.93. The van der Waals surface area contributed by atoms with E-state index >= 15 is 0 Å². The SMILES string of the molecule is COC(=O)c1ccc([C@H]2C(C(=O)OC(C)C)=C(N)Oc3c2oc(CO)cc3=O)cc1. The third-order valence-corrected chi connectivity index (χ3v) is 4.39. The van der Waals surface area contributed by atoms with Gasteiger partial charge in [0.1, 0.15) is 17.9 Å². The molecule has 1 aliphatic heterocycles. The molecule has 0 spiro atoms. The molecule has 1 aromatic carbocycles. The fourth-order valence-electron chi connectivity index (χ4n) is 3.10. The second-order valence-corrected chi connectivity index (χ2v) is 6.81. The van der Waals surface area contributed by atoms with Crippen LogP contribution in [0.5, 0.6) is 5.75 Å². The van der Waals surface area contributed by atoms with Crippen LogP contribution >= 0.6 is 0 Å². The average Bonchev–Trinajstić information content (AvgIpc) is 2.72. The van der Waals surface area contributed by atoms with E-state index in [4.69, 9.17) is 24.4 Å². The Morgan fingerprint density at radius 2 is 1.87 bits per heavy atom. The lowest BCUT2D eigenvalue weighted by Crippen LogP contribution is -2.31. The molecule has 0 saturated carbocycles. The number of nitrogens with two attached hydrogens (primary N) is 1. The third-order valence-electron chi connectivity index (χ3n) is 4.39. The lowest BCUT2D eigenvalue weighted by Gasteiger charge is -2.27. The van der Waals surface area contributed by atoms with Gasteiger partial charge in [0.25, 0.3) is 0 Å². The molecule has 0 saturated heterocycles. The molecule has 2 aromatic rings. The zero-order valence-electron chi connectivity index (χ0n) is 16.6. The van der Waals surface area contributed by atoms with Gasteiger partial charge in [0, 0.05) is 6.07 Å². The van der Waals surface area contributed by atoms with E-state index in [-0.39, 0.29) is 28.7 Å². The molecule has 1 atom stereocenters. The summed E-state index contributed by atoms with van der Waals surface area (Å²) in [7, 11) is 1.26. The van der Waals surface area contributed by atoms with Gasteiger partial charge in [-0.3, -0.25) is 4.79 Å². The van der Waals surface area contributed by atoms with E-state index in [2.05, 4.69) is 0 Å². The number of aliphatic hydroxyl groups is 1. The highest BCUT2D eigenvalue weighted by atomic mass is 16.5. The van der Waals surface area contributed by atoms with E-state index in [9.17, 15) is 19.5 Å². The lowest BCUT2D eigenvalue weighted by molar-refractivity contribution is -0.143. The van der Waals surface area contributed by atoms with Crippen LogP contribution in [0.25, 0.3) is 0 Å². The fraction of sp³-hybridized carbons (Fsp3) is 0.286. The zero-order chi connectivity index (χ0) is 22.0. The monoisotopic (exact) mass is 415 g/mol. The van der Waals surface area contributed by atoms with Crippen LogP contribution in [-0.4, -0.2) is 30.3 Å². The van der Waals surface area contributed by atoms with Crippen LogP contribution in [0, 0.1) is 0 Å². The fourth-order valence-corrected chi connectivity index (χ4v) is 3.10. The summed E-state index contributed by atoms with van der Waals surface area (Å²) in [5, 5.41) is 9.44. The average molecular weight is 415 g/mol. The van der Waals surface area contributed by atoms with E-state index in [0.717, 1.165) is 6.07 Å². The smallest absolute Gasteiger partial charge is 0.340 e. The van der Waals surface area contributed by atoms with E-state index in [1.165, 1.54) is 19.2 Å². The summed E-state index contributed by atoms with van der Waals surface area (Å²) < 4.78 is 21.1. The third kappa shape index (κ3) is 3.92. The summed E-state index contributed by atoms with van der Waals surface area (Å²) in [6, 6.07) is 7.25. The first-order chi connectivity index (χ1) is 14.3. The van der Waals surface area contributed by atoms with Crippen molar-refractivity contribution < 1.29 is 33.3 Å². The molecule has 0 amide bonds. The molecule has 30 heavy (non-hydrogen) atoms. The number of carbonyl (C=O) groups excluding carboxylic acids is 2. The topological polar surface area (TPSA) is 138 Å². The number of benzene rings is 1. The summed E-state index contributed by atoms with van der Waals surface area (Å²) in [6.07, 6.45) is -0.433. The van der Waals surface area contributed by atoms with Gasteiger partial charge in [-0.05, 0) is 31.5 Å². The standard InChI is InChI=1S/C21H21NO8/c1-10(2)28-21(26)16-15(11-4-6-12(7-5-11)20(25)27-3)18-17(30-19(16)22)14(24)8-13(9-23)29-18/h4-8,10,15,23H,9,22H2,1-3H3/t15-/m0/s1. The maximum Gasteiger partial charge on any atom is 0.340 e. The molecular weight excluding hydrogens is 394 g/mol. The van der Waals surface area contributed by atoms with Crippen LogP contribution in [0.4, 0.5) is 0 Å². The summed E-state index contributed by atoms with van der Waals surface area (Å²) in [6.45, 7) is 2.83. The van der Waals surface area contributed by atoms with Crippen molar-refractivity contribution in [1.82, 2.24) is 0 Å². The molecule has 0 fully saturated rings. The Balaban J connectivity index is 2.20. The maximum absolute atomic E-state index is 12.8. The Bertz CT molecular complexity index is 1070. The zero-order valence-corrected chi connectivity index (χ0v) is 16.6. The van der Waals surface area contributed by atoms with E-state index in [1.807, 2.05) is 0 Å². The highest BCUT2D eigenvalue weighted by Gasteiger charge is 2.39. The highest BCUT2D eigenvalue weighted by Crippen LogP contribution is 2.41. The normalized spacial score (nSPS) is 15.4. The first-order valence-corrected chi connectivity index (χ1v) is 9.11. The van der Waals surface area contributed by atoms with Crippen LogP contribution in [0.3, 0.4) is 0 Å². The predicted molar refractivity (Wildman–Crippen MR) is 104 cm³/mol. The number of esters is 2. The van der Waals surface area contributed by atoms with Crippen molar-refractivity contribution in [2.45, 2.75) is 32.5 Å². The van der Waals surface area contributed by atoms with Gasteiger partial charge in [0.05, 0.1) is 24.7 Å². The van der Waals surface area contributed by atoms with E-state index in [1.54, 1.807) is 26.0 Å². The van der Waals surface area contributed by atoms with Crippen LogP contribution in [0.15, 0.2) is 51.0 Å². The number of ether oxygens (including phenoxy) is 3. The van der Waals surface area contributed by atoms with Crippen molar-refractivity contribution in [3.8, 4) is 5.75 Å². The number of carbonyl (C=O) groups is 2. The van der Waals surface area contributed by atoms with Gasteiger partial charge in [-0.15, -0.1) is 0 Å². The molecule has 9 nitrogen and oxygen atoms in total. The van der Waals surface area contributed by atoms with Gasteiger partial charge in [0.2, 0.25) is 17.1 Å². The van der Waals surface area contributed by atoms with Gasteiger partial charge < -0.3 is 29.5 Å². The van der Waals surface area contributed by atoms with Gasteiger partial charge >= 0.3 is 11.9 Å². The minimum Gasteiger partial charge on any atom is -0.465 e. The number of hydrogen-bond donors (Lipinski definition) is 2. The van der Waals surface area contributed by atoms with Crippen LogP contribution < -0.4 is 15.9 Å². The Hall–Kier alpha value is -3.59. The molecule has 1 aromatic heterocycles. The molecule has 0 bridgehead atoms. The summed E-state index contributed by atoms with van der Waals surface area (Å²) in [5.74, 6) is -2.71. The maximum atomic E-state index is 12.8. The molecule has 2 heterocycles. The van der Waals surface area contributed by atoms with Gasteiger partial charge in [-0.2, -0.15) is 0 Å². The Morgan fingerprint density at radius 3 is 2.43 bits per heavy atom.